The van der Waals surface area contributed by atoms with Gasteiger partial charge in [-0.3, -0.25) is 9.48 Å². The second-order valence-electron chi connectivity index (χ2n) is 4.79. The molecule has 1 amide bonds. The zero-order valence-electron chi connectivity index (χ0n) is 12.0. The van der Waals surface area contributed by atoms with Crippen LogP contribution in [-0.2, 0) is 11.8 Å². The lowest BCUT2D eigenvalue weighted by molar-refractivity contribution is -0.119. The van der Waals surface area contributed by atoms with E-state index in [0.717, 1.165) is 10.5 Å². The molecule has 4 nitrogen and oxygen atoms in total. The Kier molecular flexibility index (Phi) is 4.84. The highest BCUT2D eigenvalue weighted by atomic mass is 32.2. The summed E-state index contributed by atoms with van der Waals surface area (Å²) in [5.41, 5.74) is 2.22. The summed E-state index contributed by atoms with van der Waals surface area (Å²) in [5, 5.41) is 7.10. The minimum atomic E-state index is -0.0197. The summed E-state index contributed by atoms with van der Waals surface area (Å²) in [6.45, 7) is 4.02. The van der Waals surface area contributed by atoms with Crippen molar-refractivity contribution in [1.82, 2.24) is 15.1 Å². The predicted octanol–water partition coefficient (Wildman–Crippen LogP) is 2.70. The first-order valence-electron chi connectivity index (χ1n) is 6.52. The van der Waals surface area contributed by atoms with Gasteiger partial charge in [0, 0.05) is 23.7 Å². The molecule has 5 heteroatoms. The van der Waals surface area contributed by atoms with E-state index in [4.69, 9.17) is 0 Å². The highest BCUT2D eigenvalue weighted by molar-refractivity contribution is 8.00. The molecule has 2 rings (SSSR count). The van der Waals surface area contributed by atoms with Crippen LogP contribution in [0.15, 0.2) is 41.6 Å². The Hall–Kier alpha value is -1.75. The summed E-state index contributed by atoms with van der Waals surface area (Å²) < 4.78 is 1.74. The minimum absolute atomic E-state index is 0.0197. The average molecular weight is 289 g/mol. The monoisotopic (exact) mass is 289 g/mol. The van der Waals surface area contributed by atoms with Gasteiger partial charge in [0.15, 0.2) is 0 Å². The van der Waals surface area contributed by atoms with Crippen molar-refractivity contribution in [3.8, 4) is 0 Å². The van der Waals surface area contributed by atoms with Crippen molar-refractivity contribution in [3.05, 3.63) is 47.8 Å². The number of carbonyl (C=O) groups is 1. The molecule has 1 N–H and O–H groups in total. The molecule has 0 unspecified atom stereocenters. The molecule has 1 aromatic heterocycles. The van der Waals surface area contributed by atoms with E-state index in [0.29, 0.717) is 5.75 Å². The Bertz CT molecular complexity index is 594. The molecule has 0 bridgehead atoms. The number of aromatic nitrogens is 2. The number of aryl methyl sites for hydroxylation is 2. The largest absolute Gasteiger partial charge is 0.349 e. The zero-order chi connectivity index (χ0) is 14.5. The van der Waals surface area contributed by atoms with E-state index in [2.05, 4.69) is 23.4 Å². The van der Waals surface area contributed by atoms with Gasteiger partial charge in [0.1, 0.15) is 0 Å². The summed E-state index contributed by atoms with van der Waals surface area (Å²) in [6, 6.07) is 8.07. The van der Waals surface area contributed by atoms with Gasteiger partial charge >= 0.3 is 0 Å². The molecule has 2 aromatic rings. The van der Waals surface area contributed by atoms with E-state index in [1.165, 1.54) is 5.56 Å². The lowest BCUT2D eigenvalue weighted by atomic mass is 10.2. The SMILES string of the molecule is Cc1ccccc1SCC(=O)N[C@@H](C)c1cnn(C)c1. The highest BCUT2D eigenvalue weighted by Crippen LogP contribution is 2.21. The summed E-state index contributed by atoms with van der Waals surface area (Å²) in [4.78, 5) is 13.1. The average Bonchev–Trinajstić information content (AvgIpc) is 2.84. The van der Waals surface area contributed by atoms with Crippen LogP contribution in [0.25, 0.3) is 0 Å². The molecule has 0 radical (unpaired) electrons. The first-order chi connectivity index (χ1) is 9.56. The van der Waals surface area contributed by atoms with Gasteiger partial charge in [-0.15, -0.1) is 11.8 Å². The normalized spacial score (nSPS) is 12.2. The summed E-state index contributed by atoms with van der Waals surface area (Å²) >= 11 is 1.56. The molecular weight excluding hydrogens is 270 g/mol. The third-order valence-electron chi connectivity index (χ3n) is 3.05. The fourth-order valence-corrected chi connectivity index (χ4v) is 2.73. The Morgan fingerprint density at radius 1 is 1.45 bits per heavy atom. The van der Waals surface area contributed by atoms with E-state index < -0.39 is 0 Å². The van der Waals surface area contributed by atoms with Crippen LogP contribution in [0.1, 0.15) is 24.1 Å². The molecule has 1 aromatic carbocycles. The second-order valence-corrected chi connectivity index (χ2v) is 5.81. The highest BCUT2D eigenvalue weighted by Gasteiger charge is 2.11. The molecule has 0 aliphatic rings. The van der Waals surface area contributed by atoms with Gasteiger partial charge in [-0.05, 0) is 25.5 Å². The maximum absolute atomic E-state index is 12.0. The number of benzene rings is 1. The number of carbonyl (C=O) groups excluding carboxylic acids is 1. The van der Waals surface area contributed by atoms with Crippen LogP contribution < -0.4 is 5.32 Å². The number of hydrogen-bond acceptors (Lipinski definition) is 3. The number of nitrogens with one attached hydrogen (secondary N) is 1. The van der Waals surface area contributed by atoms with Gasteiger partial charge in [0.2, 0.25) is 5.91 Å². The lowest BCUT2D eigenvalue weighted by Gasteiger charge is -2.12. The van der Waals surface area contributed by atoms with Crippen molar-refractivity contribution < 1.29 is 4.79 Å². The van der Waals surface area contributed by atoms with Crippen LogP contribution in [0.4, 0.5) is 0 Å². The molecule has 106 valence electrons. The molecule has 1 atom stereocenters. The molecule has 0 aliphatic carbocycles. The number of thioether (sulfide) groups is 1. The third-order valence-corrected chi connectivity index (χ3v) is 4.23. The van der Waals surface area contributed by atoms with Crippen molar-refractivity contribution in [2.75, 3.05) is 5.75 Å². The topological polar surface area (TPSA) is 46.9 Å². The maximum atomic E-state index is 12.0. The number of nitrogens with zero attached hydrogens (tertiary/aromatic N) is 2. The number of hydrogen-bond donors (Lipinski definition) is 1. The van der Waals surface area contributed by atoms with Crippen molar-refractivity contribution in [3.63, 3.8) is 0 Å². The van der Waals surface area contributed by atoms with Gasteiger partial charge in [-0.1, -0.05) is 18.2 Å². The summed E-state index contributed by atoms with van der Waals surface area (Å²) in [5.74, 6) is 0.463. The Morgan fingerprint density at radius 2 is 2.20 bits per heavy atom. The molecule has 0 aliphatic heterocycles. The van der Waals surface area contributed by atoms with E-state index in [-0.39, 0.29) is 11.9 Å². The van der Waals surface area contributed by atoms with Crippen LogP contribution in [-0.4, -0.2) is 21.4 Å². The van der Waals surface area contributed by atoms with Crippen molar-refractivity contribution in [2.45, 2.75) is 24.8 Å². The molecule has 0 saturated heterocycles. The smallest absolute Gasteiger partial charge is 0.230 e. The third kappa shape index (κ3) is 3.87. The summed E-state index contributed by atoms with van der Waals surface area (Å²) in [7, 11) is 1.87. The first kappa shape index (κ1) is 14.7. The quantitative estimate of drug-likeness (QED) is 0.861. The van der Waals surface area contributed by atoms with Gasteiger partial charge < -0.3 is 5.32 Å². The fourth-order valence-electron chi connectivity index (χ4n) is 1.89. The van der Waals surface area contributed by atoms with Crippen LogP contribution >= 0.6 is 11.8 Å². The van der Waals surface area contributed by atoms with Crippen LogP contribution in [0.3, 0.4) is 0 Å². The van der Waals surface area contributed by atoms with Crippen LogP contribution in [0.5, 0.6) is 0 Å². The lowest BCUT2D eigenvalue weighted by Crippen LogP contribution is -2.28. The van der Waals surface area contributed by atoms with Gasteiger partial charge in [0.05, 0.1) is 18.0 Å². The van der Waals surface area contributed by atoms with Crippen molar-refractivity contribution in [1.29, 1.82) is 0 Å². The Morgan fingerprint density at radius 3 is 2.85 bits per heavy atom. The summed E-state index contributed by atoms with van der Waals surface area (Å²) in [6.07, 6.45) is 3.69. The first-order valence-corrected chi connectivity index (χ1v) is 7.51. The molecule has 1 heterocycles. The zero-order valence-corrected chi connectivity index (χ0v) is 12.8. The van der Waals surface area contributed by atoms with Crippen LogP contribution in [0.2, 0.25) is 0 Å². The molecule has 20 heavy (non-hydrogen) atoms. The Labute approximate surface area is 123 Å². The van der Waals surface area contributed by atoms with Gasteiger partial charge in [0.25, 0.3) is 0 Å². The van der Waals surface area contributed by atoms with Crippen LogP contribution in [0, 0.1) is 6.92 Å². The molecule has 0 saturated carbocycles. The molecule has 0 fully saturated rings. The standard InChI is InChI=1S/C15H19N3OS/c1-11-6-4-5-7-14(11)20-10-15(19)17-12(2)13-8-16-18(3)9-13/h4-9,12H,10H2,1-3H3,(H,17,19)/t12-/m0/s1. The molecular formula is C15H19N3OS. The maximum Gasteiger partial charge on any atom is 0.230 e. The van der Waals surface area contributed by atoms with E-state index in [1.807, 2.05) is 38.4 Å². The van der Waals surface area contributed by atoms with E-state index in [9.17, 15) is 4.79 Å². The van der Waals surface area contributed by atoms with Crippen molar-refractivity contribution >= 4 is 17.7 Å². The van der Waals surface area contributed by atoms with Crippen molar-refractivity contribution in [2.24, 2.45) is 7.05 Å². The number of rotatable bonds is 5. The molecule has 0 spiro atoms. The van der Waals surface area contributed by atoms with Gasteiger partial charge in [-0.25, -0.2) is 0 Å². The van der Waals surface area contributed by atoms with E-state index in [1.54, 1.807) is 22.6 Å². The predicted molar refractivity (Wildman–Crippen MR) is 81.7 cm³/mol. The Balaban J connectivity index is 1.85. The van der Waals surface area contributed by atoms with Gasteiger partial charge in [-0.2, -0.15) is 5.10 Å². The number of amides is 1. The van der Waals surface area contributed by atoms with E-state index >= 15 is 0 Å². The fraction of sp³-hybridized carbons (Fsp3) is 0.333. The minimum Gasteiger partial charge on any atom is -0.349 e. The second kappa shape index (κ2) is 6.61.